The largest absolute Gasteiger partial charge is 0.360 e. The average Bonchev–Trinajstić information content (AvgIpc) is 3.00. The lowest BCUT2D eigenvalue weighted by Crippen LogP contribution is -2.51. The molecule has 1 aliphatic rings. The van der Waals surface area contributed by atoms with Crippen molar-refractivity contribution in [1.82, 2.24) is 15.0 Å². The van der Waals surface area contributed by atoms with Gasteiger partial charge in [-0.15, -0.1) is 0 Å². The first kappa shape index (κ1) is 15.0. The van der Waals surface area contributed by atoms with Gasteiger partial charge in [0.15, 0.2) is 5.82 Å². The lowest BCUT2D eigenvalue weighted by Gasteiger charge is -2.34. The fourth-order valence-electron chi connectivity index (χ4n) is 2.42. The number of rotatable bonds is 2. The van der Waals surface area contributed by atoms with Crippen molar-refractivity contribution in [2.75, 3.05) is 36.4 Å². The molecule has 1 N–H and O–H groups in total. The number of aryl methyl sites for hydroxylation is 1. The van der Waals surface area contributed by atoms with Gasteiger partial charge in [0.2, 0.25) is 0 Å². The summed E-state index contributed by atoms with van der Waals surface area (Å²) in [6.07, 6.45) is 1.74. The van der Waals surface area contributed by atoms with E-state index in [1.54, 1.807) is 19.2 Å². The highest BCUT2D eigenvalue weighted by atomic mass is 16.5. The Morgan fingerprint density at radius 2 is 2.00 bits per heavy atom. The monoisotopic (exact) mass is 315 g/mol. The molecule has 0 unspecified atom stereocenters. The lowest BCUT2D eigenvalue weighted by molar-refractivity contribution is -0.143. The van der Waals surface area contributed by atoms with Gasteiger partial charge in [0.25, 0.3) is 0 Å². The van der Waals surface area contributed by atoms with Crippen LogP contribution in [0.1, 0.15) is 5.76 Å². The summed E-state index contributed by atoms with van der Waals surface area (Å²) in [5, 5.41) is 6.08. The van der Waals surface area contributed by atoms with Gasteiger partial charge in [-0.05, 0) is 19.1 Å². The molecule has 2 amide bonds. The zero-order valence-electron chi connectivity index (χ0n) is 12.7. The van der Waals surface area contributed by atoms with Gasteiger partial charge in [-0.25, -0.2) is 4.98 Å². The van der Waals surface area contributed by atoms with E-state index in [1.807, 2.05) is 18.2 Å². The summed E-state index contributed by atoms with van der Waals surface area (Å²) in [7, 11) is 0. The number of aromatic nitrogens is 2. The molecule has 23 heavy (non-hydrogen) atoms. The van der Waals surface area contributed by atoms with E-state index in [2.05, 4.69) is 20.4 Å². The van der Waals surface area contributed by atoms with Crippen LogP contribution in [0.15, 0.2) is 35.0 Å². The Balaban J connectivity index is 1.54. The van der Waals surface area contributed by atoms with Crippen LogP contribution in [0.2, 0.25) is 0 Å². The van der Waals surface area contributed by atoms with Gasteiger partial charge < -0.3 is 14.3 Å². The number of hydrogen-bond acceptors (Lipinski definition) is 6. The van der Waals surface area contributed by atoms with Crippen molar-refractivity contribution in [2.24, 2.45) is 0 Å². The number of pyridine rings is 1. The summed E-state index contributed by atoms with van der Waals surface area (Å²) in [5.41, 5.74) is 0. The third-order valence-corrected chi connectivity index (χ3v) is 3.60. The van der Waals surface area contributed by atoms with Gasteiger partial charge in [-0.2, -0.15) is 0 Å². The standard InChI is InChI=1S/C15H17N5O3/c1-11-10-12(18-23-11)17-14(21)15(22)20-8-6-19(7-9-20)13-4-2-3-5-16-13/h2-5,10H,6-9H2,1H3,(H,17,18,21). The van der Waals surface area contributed by atoms with Crippen LogP contribution < -0.4 is 10.2 Å². The number of hydrogen-bond donors (Lipinski definition) is 1. The summed E-state index contributed by atoms with van der Waals surface area (Å²) < 4.78 is 4.85. The Morgan fingerprint density at radius 1 is 1.22 bits per heavy atom. The SMILES string of the molecule is Cc1cc(NC(=O)C(=O)N2CCN(c3ccccn3)CC2)no1. The van der Waals surface area contributed by atoms with Crippen LogP contribution in [0.4, 0.5) is 11.6 Å². The fraction of sp³-hybridized carbons (Fsp3) is 0.333. The second-order valence-electron chi connectivity index (χ2n) is 5.24. The Hall–Kier alpha value is -2.90. The molecule has 3 rings (SSSR count). The Kier molecular flexibility index (Phi) is 4.22. The van der Waals surface area contributed by atoms with E-state index in [0.29, 0.717) is 31.9 Å². The zero-order chi connectivity index (χ0) is 16.2. The van der Waals surface area contributed by atoms with E-state index in [0.717, 1.165) is 5.82 Å². The molecule has 1 saturated heterocycles. The van der Waals surface area contributed by atoms with Crippen molar-refractivity contribution < 1.29 is 14.1 Å². The Morgan fingerprint density at radius 3 is 2.61 bits per heavy atom. The third kappa shape index (κ3) is 3.47. The maximum Gasteiger partial charge on any atom is 0.315 e. The molecule has 8 heteroatoms. The molecular formula is C15H17N5O3. The minimum atomic E-state index is -0.704. The zero-order valence-corrected chi connectivity index (χ0v) is 12.7. The molecule has 1 fully saturated rings. The molecule has 0 aromatic carbocycles. The Bertz CT molecular complexity index is 692. The first-order chi connectivity index (χ1) is 11.1. The summed E-state index contributed by atoms with van der Waals surface area (Å²) in [4.78, 5) is 32.0. The Labute approximate surface area is 133 Å². The first-order valence-electron chi connectivity index (χ1n) is 7.33. The number of carbonyl (C=O) groups excluding carboxylic acids is 2. The van der Waals surface area contributed by atoms with E-state index in [-0.39, 0.29) is 5.82 Å². The number of nitrogens with one attached hydrogen (secondary N) is 1. The molecule has 1 aliphatic heterocycles. The predicted molar refractivity (Wildman–Crippen MR) is 82.9 cm³/mol. The van der Waals surface area contributed by atoms with Gasteiger partial charge in [0, 0.05) is 38.4 Å². The van der Waals surface area contributed by atoms with Crippen LogP contribution in [0.5, 0.6) is 0 Å². The molecular weight excluding hydrogens is 298 g/mol. The lowest BCUT2D eigenvalue weighted by atomic mass is 10.3. The van der Waals surface area contributed by atoms with Crippen LogP contribution in [0.3, 0.4) is 0 Å². The van der Waals surface area contributed by atoms with Crippen molar-refractivity contribution in [2.45, 2.75) is 6.92 Å². The van der Waals surface area contributed by atoms with Crippen molar-refractivity contribution in [3.8, 4) is 0 Å². The van der Waals surface area contributed by atoms with E-state index < -0.39 is 11.8 Å². The topological polar surface area (TPSA) is 91.6 Å². The normalized spacial score (nSPS) is 14.7. The quantitative estimate of drug-likeness (QED) is 0.819. The van der Waals surface area contributed by atoms with Gasteiger partial charge in [-0.3, -0.25) is 14.9 Å². The molecule has 8 nitrogen and oxygen atoms in total. The second kappa shape index (κ2) is 6.47. The van der Waals surface area contributed by atoms with Crippen LogP contribution in [-0.4, -0.2) is 53.0 Å². The molecule has 120 valence electrons. The first-order valence-corrected chi connectivity index (χ1v) is 7.33. The molecule has 0 aliphatic carbocycles. The minimum absolute atomic E-state index is 0.243. The van der Waals surface area contributed by atoms with Crippen molar-refractivity contribution in [3.05, 3.63) is 36.2 Å². The molecule has 3 heterocycles. The van der Waals surface area contributed by atoms with Crippen LogP contribution in [0.25, 0.3) is 0 Å². The predicted octanol–water partition coefficient (Wildman–Crippen LogP) is 0.665. The maximum atomic E-state index is 12.2. The molecule has 0 radical (unpaired) electrons. The second-order valence-corrected chi connectivity index (χ2v) is 5.24. The summed E-state index contributed by atoms with van der Waals surface area (Å²) >= 11 is 0. The number of nitrogens with zero attached hydrogens (tertiary/aromatic N) is 4. The highest BCUT2D eigenvalue weighted by molar-refractivity contribution is 6.39. The smallest absolute Gasteiger partial charge is 0.315 e. The molecule has 0 saturated carbocycles. The third-order valence-electron chi connectivity index (χ3n) is 3.60. The van der Waals surface area contributed by atoms with Crippen molar-refractivity contribution >= 4 is 23.5 Å². The minimum Gasteiger partial charge on any atom is -0.360 e. The van der Waals surface area contributed by atoms with E-state index in [9.17, 15) is 9.59 Å². The van der Waals surface area contributed by atoms with Gasteiger partial charge in [-0.1, -0.05) is 11.2 Å². The molecule has 0 spiro atoms. The highest BCUT2D eigenvalue weighted by Crippen LogP contribution is 2.13. The molecule has 2 aromatic rings. The number of piperazine rings is 1. The summed E-state index contributed by atoms with van der Waals surface area (Å²) in [6.45, 7) is 3.93. The number of amides is 2. The summed E-state index contributed by atoms with van der Waals surface area (Å²) in [6, 6.07) is 7.27. The highest BCUT2D eigenvalue weighted by Gasteiger charge is 2.26. The van der Waals surface area contributed by atoms with E-state index in [1.165, 1.54) is 4.90 Å². The van der Waals surface area contributed by atoms with Gasteiger partial charge in [0.05, 0.1) is 0 Å². The number of carbonyl (C=O) groups is 2. The average molecular weight is 315 g/mol. The van der Waals surface area contributed by atoms with E-state index in [4.69, 9.17) is 4.52 Å². The summed E-state index contributed by atoms with van der Waals surface area (Å²) in [5.74, 6) is 0.419. The van der Waals surface area contributed by atoms with E-state index >= 15 is 0 Å². The maximum absolute atomic E-state index is 12.2. The van der Waals surface area contributed by atoms with Gasteiger partial charge in [0.1, 0.15) is 11.6 Å². The van der Waals surface area contributed by atoms with Crippen LogP contribution in [-0.2, 0) is 9.59 Å². The molecule has 0 atom stereocenters. The fourth-order valence-corrected chi connectivity index (χ4v) is 2.42. The molecule has 0 bridgehead atoms. The van der Waals surface area contributed by atoms with Crippen molar-refractivity contribution in [3.63, 3.8) is 0 Å². The van der Waals surface area contributed by atoms with Crippen LogP contribution in [0, 0.1) is 6.92 Å². The van der Waals surface area contributed by atoms with Crippen LogP contribution >= 0.6 is 0 Å². The number of anilines is 2. The van der Waals surface area contributed by atoms with Crippen molar-refractivity contribution in [1.29, 1.82) is 0 Å². The van der Waals surface area contributed by atoms with Gasteiger partial charge >= 0.3 is 11.8 Å². The molecule has 2 aromatic heterocycles.